The topological polar surface area (TPSA) is 0 Å². The molecule has 0 N–H and O–H groups in total. The van der Waals surface area contributed by atoms with Crippen molar-refractivity contribution in [3.05, 3.63) is 231 Å². The van der Waals surface area contributed by atoms with Crippen LogP contribution in [-0.2, 0) is 0 Å². The van der Waals surface area contributed by atoms with Crippen molar-refractivity contribution in [1.29, 1.82) is 0 Å². The second-order valence-corrected chi connectivity index (χ2v) is 15.2. The van der Waals surface area contributed by atoms with Gasteiger partial charge in [0.15, 0.2) is 0 Å². The SMILES string of the molecule is c1ccc(-c2cc3ccccc3cc2-c2ccc3c(c2)c(-c2ccccc2)c(-c2ccccc2)c2cc(-c4ccc(-c5cccc6ccccc56)cc4)ccc23)cc1. The molecule has 11 rings (SSSR count). The molecule has 0 aliphatic carbocycles. The Kier molecular flexibility index (Phi) is 8.26. The van der Waals surface area contributed by atoms with Gasteiger partial charge in [-0.05, 0) is 134 Å². The Bertz CT molecular complexity index is 3280. The quantitative estimate of drug-likeness (QED) is 0.149. The van der Waals surface area contributed by atoms with Crippen LogP contribution in [0.2, 0.25) is 0 Å². The van der Waals surface area contributed by atoms with Crippen LogP contribution in [0.1, 0.15) is 0 Å². The molecule has 58 heavy (non-hydrogen) atoms. The molecule has 0 radical (unpaired) electrons. The molecule has 0 heterocycles. The van der Waals surface area contributed by atoms with Gasteiger partial charge < -0.3 is 0 Å². The fourth-order valence-electron chi connectivity index (χ4n) is 9.05. The molecule has 11 aromatic carbocycles. The van der Waals surface area contributed by atoms with Crippen molar-refractivity contribution in [3.63, 3.8) is 0 Å². The molecular weight excluding hydrogens is 697 g/mol. The zero-order valence-corrected chi connectivity index (χ0v) is 31.9. The molecule has 0 atom stereocenters. The van der Waals surface area contributed by atoms with Gasteiger partial charge in [-0.3, -0.25) is 0 Å². The van der Waals surface area contributed by atoms with Gasteiger partial charge in [-0.1, -0.05) is 206 Å². The Balaban J connectivity index is 1.15. The summed E-state index contributed by atoms with van der Waals surface area (Å²) in [6, 6.07) is 84.6. The summed E-state index contributed by atoms with van der Waals surface area (Å²) in [7, 11) is 0. The Labute approximate surface area is 339 Å². The molecule has 0 saturated heterocycles. The van der Waals surface area contributed by atoms with Crippen LogP contribution in [0, 0.1) is 0 Å². The van der Waals surface area contributed by atoms with Crippen molar-refractivity contribution in [3.8, 4) is 66.8 Å². The third kappa shape index (κ3) is 5.86. The molecular formula is C58H38. The fourth-order valence-corrected chi connectivity index (χ4v) is 9.05. The van der Waals surface area contributed by atoms with E-state index in [0.29, 0.717) is 0 Å². The van der Waals surface area contributed by atoms with Crippen LogP contribution in [0.15, 0.2) is 231 Å². The minimum absolute atomic E-state index is 1.20. The predicted octanol–water partition coefficient (Wildman–Crippen LogP) is 16.3. The van der Waals surface area contributed by atoms with E-state index < -0.39 is 0 Å². The van der Waals surface area contributed by atoms with Crippen LogP contribution in [0.4, 0.5) is 0 Å². The first-order valence-electron chi connectivity index (χ1n) is 20.1. The summed E-state index contributed by atoms with van der Waals surface area (Å²) in [4.78, 5) is 0. The van der Waals surface area contributed by atoms with Gasteiger partial charge in [0.1, 0.15) is 0 Å². The van der Waals surface area contributed by atoms with E-state index in [1.165, 1.54) is 110 Å². The molecule has 0 saturated carbocycles. The molecule has 0 fully saturated rings. The second-order valence-electron chi connectivity index (χ2n) is 15.2. The lowest BCUT2D eigenvalue weighted by molar-refractivity contribution is 1.60. The van der Waals surface area contributed by atoms with Gasteiger partial charge in [0.2, 0.25) is 0 Å². The van der Waals surface area contributed by atoms with E-state index in [0.717, 1.165) is 0 Å². The highest BCUT2D eigenvalue weighted by Gasteiger charge is 2.20. The lowest BCUT2D eigenvalue weighted by Gasteiger charge is -2.21. The van der Waals surface area contributed by atoms with Crippen LogP contribution >= 0.6 is 0 Å². The van der Waals surface area contributed by atoms with E-state index in [9.17, 15) is 0 Å². The predicted molar refractivity (Wildman–Crippen MR) is 249 cm³/mol. The Hall–Kier alpha value is -7.54. The van der Waals surface area contributed by atoms with Crippen molar-refractivity contribution >= 4 is 43.1 Å². The summed E-state index contributed by atoms with van der Waals surface area (Å²) in [6.45, 7) is 0. The molecule has 0 amide bonds. The van der Waals surface area contributed by atoms with Gasteiger partial charge in [-0.25, -0.2) is 0 Å². The largest absolute Gasteiger partial charge is 0.0622 e. The molecule has 0 spiro atoms. The van der Waals surface area contributed by atoms with Crippen molar-refractivity contribution in [2.24, 2.45) is 0 Å². The molecule has 0 heteroatoms. The first kappa shape index (κ1) is 33.8. The maximum absolute atomic E-state index is 2.44. The number of hydrogen-bond acceptors (Lipinski definition) is 0. The summed E-state index contributed by atoms with van der Waals surface area (Å²) >= 11 is 0. The molecule has 270 valence electrons. The first-order chi connectivity index (χ1) is 28.8. The third-order valence-electron chi connectivity index (χ3n) is 11.8. The minimum Gasteiger partial charge on any atom is -0.0622 e. The Morgan fingerprint density at radius 1 is 0.172 bits per heavy atom. The van der Waals surface area contributed by atoms with Gasteiger partial charge in [0, 0.05) is 0 Å². The van der Waals surface area contributed by atoms with Gasteiger partial charge in [0.05, 0.1) is 0 Å². The van der Waals surface area contributed by atoms with E-state index in [4.69, 9.17) is 0 Å². The first-order valence-corrected chi connectivity index (χ1v) is 20.1. The summed E-state index contributed by atoms with van der Waals surface area (Å²) in [5.74, 6) is 0. The number of fused-ring (bicyclic) bond motifs is 5. The molecule has 0 aromatic heterocycles. The number of rotatable bonds is 6. The molecule has 0 unspecified atom stereocenters. The zero-order valence-electron chi connectivity index (χ0n) is 31.9. The van der Waals surface area contributed by atoms with Gasteiger partial charge in [0.25, 0.3) is 0 Å². The fraction of sp³-hybridized carbons (Fsp3) is 0. The lowest BCUT2D eigenvalue weighted by Crippen LogP contribution is -1.94. The van der Waals surface area contributed by atoms with Gasteiger partial charge >= 0.3 is 0 Å². The van der Waals surface area contributed by atoms with Crippen molar-refractivity contribution in [2.75, 3.05) is 0 Å². The third-order valence-corrected chi connectivity index (χ3v) is 11.8. The highest BCUT2D eigenvalue weighted by Crippen LogP contribution is 2.47. The van der Waals surface area contributed by atoms with Crippen LogP contribution in [0.3, 0.4) is 0 Å². The summed E-state index contributed by atoms with van der Waals surface area (Å²) in [5, 5.41) is 10.0. The van der Waals surface area contributed by atoms with Crippen LogP contribution in [0.5, 0.6) is 0 Å². The second kappa shape index (κ2) is 14.2. The van der Waals surface area contributed by atoms with Gasteiger partial charge in [-0.15, -0.1) is 0 Å². The Morgan fingerprint density at radius 3 is 1.19 bits per heavy atom. The van der Waals surface area contributed by atoms with Crippen LogP contribution in [0.25, 0.3) is 110 Å². The molecule has 0 aliphatic heterocycles. The monoisotopic (exact) mass is 734 g/mol. The maximum Gasteiger partial charge on any atom is -0.00201 e. The summed E-state index contributed by atoms with van der Waals surface area (Å²) < 4.78 is 0. The maximum atomic E-state index is 2.44. The highest BCUT2D eigenvalue weighted by molar-refractivity contribution is 6.23. The standard InChI is InChI=1S/C58H38/c1-4-15-41(16-5-1)53-35-45-22-10-11-23-46(45)36-54(53)48-32-34-52-51-33-31-47(39-27-29-42(30-28-39)50-26-14-24-40-17-12-13-25-49(40)50)37-55(51)57(43-18-6-2-7-19-43)58(56(52)38-48)44-20-8-3-9-21-44/h1-38H. The molecule has 0 aliphatic rings. The van der Waals surface area contributed by atoms with E-state index in [1.54, 1.807) is 0 Å². The lowest BCUT2D eigenvalue weighted by atomic mass is 9.82. The number of benzene rings is 11. The minimum atomic E-state index is 1.20. The van der Waals surface area contributed by atoms with E-state index in [1.807, 2.05) is 0 Å². The smallest absolute Gasteiger partial charge is 0.00201 e. The van der Waals surface area contributed by atoms with Crippen LogP contribution in [-0.4, -0.2) is 0 Å². The average molecular weight is 735 g/mol. The van der Waals surface area contributed by atoms with Crippen LogP contribution < -0.4 is 0 Å². The normalized spacial score (nSPS) is 11.4. The van der Waals surface area contributed by atoms with Crippen molar-refractivity contribution < 1.29 is 0 Å². The van der Waals surface area contributed by atoms with Crippen molar-refractivity contribution in [2.45, 2.75) is 0 Å². The molecule has 11 aromatic rings. The average Bonchev–Trinajstić information content (AvgIpc) is 3.31. The highest BCUT2D eigenvalue weighted by atomic mass is 14.2. The van der Waals surface area contributed by atoms with E-state index >= 15 is 0 Å². The van der Waals surface area contributed by atoms with E-state index in [2.05, 4.69) is 231 Å². The van der Waals surface area contributed by atoms with Crippen molar-refractivity contribution in [1.82, 2.24) is 0 Å². The summed E-state index contributed by atoms with van der Waals surface area (Å²) in [5.41, 5.74) is 14.7. The summed E-state index contributed by atoms with van der Waals surface area (Å²) in [6.07, 6.45) is 0. The molecule has 0 nitrogen and oxygen atoms in total. The van der Waals surface area contributed by atoms with E-state index in [-0.39, 0.29) is 0 Å². The number of hydrogen-bond donors (Lipinski definition) is 0. The molecule has 0 bridgehead atoms. The zero-order chi connectivity index (χ0) is 38.4. The Morgan fingerprint density at radius 2 is 0.586 bits per heavy atom. The van der Waals surface area contributed by atoms with Gasteiger partial charge in [-0.2, -0.15) is 0 Å².